The normalized spacial score (nSPS) is 10.2. The first kappa shape index (κ1) is 17.0. The van der Waals surface area contributed by atoms with Crippen LogP contribution < -0.4 is 10.6 Å². The largest absolute Gasteiger partial charge is 0.352 e. The van der Waals surface area contributed by atoms with Gasteiger partial charge in [-0.3, -0.25) is 14.6 Å². The van der Waals surface area contributed by atoms with Crippen molar-refractivity contribution in [3.8, 4) is 0 Å². The molecule has 0 atom stereocenters. The number of halogens is 1. The number of nitrogens with one attached hydrogen (secondary N) is 2. The van der Waals surface area contributed by atoms with Crippen molar-refractivity contribution in [1.29, 1.82) is 0 Å². The number of nitrogens with zero attached hydrogens (tertiary/aromatic N) is 1. The van der Waals surface area contributed by atoms with Crippen LogP contribution in [0.15, 0.2) is 42.7 Å². The topological polar surface area (TPSA) is 71.1 Å². The quantitative estimate of drug-likeness (QED) is 0.854. The maximum atomic E-state index is 12.1. The Kier molecular flexibility index (Phi) is 6.11. The van der Waals surface area contributed by atoms with Gasteiger partial charge in [0.25, 0.3) is 5.91 Å². The molecule has 23 heavy (non-hydrogen) atoms. The maximum absolute atomic E-state index is 12.1. The highest BCUT2D eigenvalue weighted by Gasteiger charge is 2.13. The molecule has 6 heteroatoms. The molecule has 0 radical (unpaired) electrons. The number of carbonyl (C=O) groups is 2. The van der Waals surface area contributed by atoms with Gasteiger partial charge in [0.15, 0.2) is 0 Å². The zero-order valence-corrected chi connectivity index (χ0v) is 13.6. The lowest BCUT2D eigenvalue weighted by Gasteiger charge is -2.11. The molecule has 1 heterocycles. The molecule has 0 unspecified atom stereocenters. The van der Waals surface area contributed by atoms with Crippen LogP contribution >= 0.6 is 11.6 Å². The highest BCUT2D eigenvalue weighted by atomic mass is 35.5. The smallest absolute Gasteiger partial charge is 0.253 e. The Morgan fingerprint density at radius 2 is 2.09 bits per heavy atom. The molecule has 0 aliphatic rings. The van der Waals surface area contributed by atoms with Crippen LogP contribution in [0.5, 0.6) is 0 Å². The summed E-state index contributed by atoms with van der Waals surface area (Å²) in [5, 5.41) is 5.92. The average Bonchev–Trinajstić information content (AvgIpc) is 2.56. The molecule has 2 amide bonds. The van der Waals surface area contributed by atoms with Crippen molar-refractivity contribution in [2.75, 3.05) is 11.9 Å². The van der Waals surface area contributed by atoms with Gasteiger partial charge in [0, 0.05) is 30.4 Å². The Balaban J connectivity index is 2.04. The molecule has 120 valence electrons. The van der Waals surface area contributed by atoms with Crippen molar-refractivity contribution >= 4 is 29.1 Å². The van der Waals surface area contributed by atoms with Crippen LogP contribution in [-0.4, -0.2) is 23.3 Å². The van der Waals surface area contributed by atoms with E-state index in [4.69, 9.17) is 11.6 Å². The van der Waals surface area contributed by atoms with Crippen molar-refractivity contribution in [2.24, 2.45) is 0 Å². The van der Waals surface area contributed by atoms with Crippen molar-refractivity contribution in [3.05, 3.63) is 58.9 Å². The third-order valence-electron chi connectivity index (χ3n) is 3.20. The molecule has 0 saturated carbocycles. The summed E-state index contributed by atoms with van der Waals surface area (Å²) in [4.78, 5) is 28.2. The van der Waals surface area contributed by atoms with Gasteiger partial charge >= 0.3 is 0 Å². The summed E-state index contributed by atoms with van der Waals surface area (Å²) in [6, 6.07) is 8.57. The minimum atomic E-state index is -0.266. The Hall–Kier alpha value is -2.40. The number of anilines is 1. The molecule has 0 saturated heterocycles. The number of carbonyl (C=O) groups excluding carboxylic acids is 2. The Morgan fingerprint density at radius 1 is 1.26 bits per heavy atom. The number of aryl methyl sites for hydroxylation is 1. The van der Waals surface area contributed by atoms with Gasteiger partial charge in [-0.25, -0.2) is 0 Å². The van der Waals surface area contributed by atoms with Crippen LogP contribution in [0.25, 0.3) is 0 Å². The zero-order chi connectivity index (χ0) is 16.7. The van der Waals surface area contributed by atoms with Crippen molar-refractivity contribution < 1.29 is 9.59 Å². The molecule has 1 aromatic heterocycles. The van der Waals surface area contributed by atoms with Gasteiger partial charge in [0.2, 0.25) is 5.91 Å². The number of benzene rings is 1. The highest BCUT2D eigenvalue weighted by molar-refractivity contribution is 6.31. The monoisotopic (exact) mass is 331 g/mol. The Morgan fingerprint density at radius 3 is 2.78 bits per heavy atom. The Bertz CT molecular complexity index is 689. The first-order chi connectivity index (χ1) is 11.1. The predicted octanol–water partition coefficient (Wildman–Crippen LogP) is 3.06. The fraction of sp³-hybridized carbons (Fsp3) is 0.235. The molecular weight excluding hydrogens is 314 g/mol. The van der Waals surface area contributed by atoms with Gasteiger partial charge < -0.3 is 10.6 Å². The lowest BCUT2D eigenvalue weighted by Crippen LogP contribution is -2.25. The molecule has 0 fully saturated rings. The van der Waals surface area contributed by atoms with Crippen LogP contribution in [-0.2, 0) is 11.2 Å². The van der Waals surface area contributed by atoms with Gasteiger partial charge in [0.1, 0.15) is 0 Å². The van der Waals surface area contributed by atoms with E-state index in [-0.39, 0.29) is 11.8 Å². The summed E-state index contributed by atoms with van der Waals surface area (Å²) in [7, 11) is 0. The van der Waals surface area contributed by atoms with Crippen molar-refractivity contribution in [2.45, 2.75) is 19.8 Å². The number of hydrogen-bond acceptors (Lipinski definition) is 3. The molecule has 2 rings (SSSR count). The molecule has 0 spiro atoms. The summed E-state index contributed by atoms with van der Waals surface area (Å²) in [5.74, 6) is -0.431. The molecule has 0 bridgehead atoms. The number of amides is 2. The van der Waals surface area contributed by atoms with Crippen LogP contribution in [0.1, 0.15) is 29.3 Å². The summed E-state index contributed by atoms with van der Waals surface area (Å²) in [6.07, 6.45) is 4.32. The van der Waals surface area contributed by atoms with E-state index in [1.807, 2.05) is 19.1 Å². The summed E-state index contributed by atoms with van der Waals surface area (Å²) >= 11 is 5.94. The first-order valence-corrected chi connectivity index (χ1v) is 7.74. The summed E-state index contributed by atoms with van der Waals surface area (Å²) in [6.45, 7) is 2.33. The molecule has 2 N–H and O–H groups in total. The summed E-state index contributed by atoms with van der Waals surface area (Å²) < 4.78 is 0. The van der Waals surface area contributed by atoms with Crippen LogP contribution in [0, 0.1) is 0 Å². The van der Waals surface area contributed by atoms with Crippen molar-refractivity contribution in [3.63, 3.8) is 0 Å². The van der Waals surface area contributed by atoms with E-state index in [0.717, 1.165) is 5.56 Å². The maximum Gasteiger partial charge on any atom is 0.253 e. The third kappa shape index (κ3) is 5.07. The van der Waals surface area contributed by atoms with Crippen molar-refractivity contribution in [1.82, 2.24) is 10.3 Å². The third-order valence-corrected chi connectivity index (χ3v) is 3.44. The Labute approximate surface area is 140 Å². The van der Waals surface area contributed by atoms with Gasteiger partial charge in [-0.05, 0) is 43.2 Å². The predicted molar refractivity (Wildman–Crippen MR) is 90.6 cm³/mol. The first-order valence-electron chi connectivity index (χ1n) is 7.36. The van der Waals surface area contributed by atoms with Gasteiger partial charge in [-0.15, -0.1) is 0 Å². The molecule has 0 aliphatic carbocycles. The fourth-order valence-corrected chi connectivity index (χ4v) is 2.26. The highest BCUT2D eigenvalue weighted by Crippen LogP contribution is 2.21. The van der Waals surface area contributed by atoms with Crippen LogP contribution in [0.4, 0.5) is 5.69 Å². The number of hydrogen-bond donors (Lipinski definition) is 2. The average molecular weight is 332 g/mol. The second-order valence-electron chi connectivity index (χ2n) is 4.96. The van der Waals surface area contributed by atoms with E-state index in [2.05, 4.69) is 15.6 Å². The fourth-order valence-electron chi connectivity index (χ4n) is 2.09. The SMILES string of the molecule is CCNC(=O)c1cc(Cl)ccc1NC(=O)CCc1cccnc1. The van der Waals surface area contributed by atoms with Gasteiger partial charge in [0.05, 0.1) is 11.3 Å². The second-order valence-corrected chi connectivity index (χ2v) is 5.40. The lowest BCUT2D eigenvalue weighted by atomic mass is 10.1. The number of rotatable bonds is 6. The van der Waals surface area contributed by atoms with Crippen LogP contribution in [0.3, 0.4) is 0 Å². The molecule has 1 aromatic carbocycles. The van der Waals surface area contributed by atoms with E-state index < -0.39 is 0 Å². The minimum Gasteiger partial charge on any atom is -0.352 e. The summed E-state index contributed by atoms with van der Waals surface area (Å²) in [5.41, 5.74) is 1.80. The van der Waals surface area contributed by atoms with E-state index in [1.54, 1.807) is 30.6 Å². The number of aromatic nitrogens is 1. The standard InChI is InChI=1S/C17H18ClN3O2/c1-2-20-17(23)14-10-13(18)6-7-15(14)21-16(22)8-5-12-4-3-9-19-11-12/h3-4,6-7,9-11H,2,5,8H2,1H3,(H,20,23)(H,21,22). The van der Waals surface area contributed by atoms with E-state index in [9.17, 15) is 9.59 Å². The molecule has 5 nitrogen and oxygen atoms in total. The van der Waals surface area contributed by atoms with E-state index in [0.29, 0.717) is 35.7 Å². The lowest BCUT2D eigenvalue weighted by molar-refractivity contribution is -0.116. The van der Waals surface area contributed by atoms with E-state index >= 15 is 0 Å². The van der Waals surface area contributed by atoms with Gasteiger partial charge in [-0.2, -0.15) is 0 Å². The molecule has 0 aliphatic heterocycles. The zero-order valence-electron chi connectivity index (χ0n) is 12.8. The second kappa shape index (κ2) is 8.29. The molecule has 2 aromatic rings. The molecular formula is C17H18ClN3O2. The van der Waals surface area contributed by atoms with Gasteiger partial charge in [-0.1, -0.05) is 17.7 Å². The number of pyridine rings is 1. The van der Waals surface area contributed by atoms with E-state index in [1.165, 1.54) is 0 Å². The minimum absolute atomic E-state index is 0.165. The van der Waals surface area contributed by atoms with Crippen LogP contribution in [0.2, 0.25) is 5.02 Å².